The molecule has 0 bridgehead atoms. The van der Waals surface area contributed by atoms with Crippen LogP contribution in [-0.4, -0.2) is 19.8 Å². The summed E-state index contributed by atoms with van der Waals surface area (Å²) >= 11 is 0. The third-order valence-electron chi connectivity index (χ3n) is 2.54. The van der Waals surface area contributed by atoms with Gasteiger partial charge in [0.05, 0.1) is 24.8 Å². The Morgan fingerprint density at radius 1 is 1.31 bits per heavy atom. The summed E-state index contributed by atoms with van der Waals surface area (Å²) in [7, 11) is 0. The van der Waals surface area contributed by atoms with E-state index in [0.717, 1.165) is 6.07 Å². The van der Waals surface area contributed by atoms with Crippen molar-refractivity contribution >= 4 is 0 Å². The van der Waals surface area contributed by atoms with Gasteiger partial charge in [-0.05, 0) is 17.7 Å². The maximum absolute atomic E-state index is 12.5. The third-order valence-corrected chi connectivity index (χ3v) is 2.54. The summed E-state index contributed by atoms with van der Waals surface area (Å²) in [6.45, 7) is 1.69. The van der Waals surface area contributed by atoms with E-state index in [0.29, 0.717) is 25.3 Å². The molecule has 1 fully saturated rings. The fourth-order valence-electron chi connectivity index (χ4n) is 1.71. The Morgan fingerprint density at radius 3 is 2.75 bits per heavy atom. The average Bonchev–Trinajstić information content (AvgIpc) is 2.29. The van der Waals surface area contributed by atoms with E-state index < -0.39 is 11.7 Å². The Labute approximate surface area is 91.4 Å². The number of hydrogen-bond acceptors (Lipinski definition) is 2. The fraction of sp³-hybridized carbons (Fsp3) is 0.455. The molecule has 1 atom stereocenters. The molecule has 1 heterocycles. The molecule has 2 rings (SSSR count). The largest absolute Gasteiger partial charge is 0.416 e. The maximum atomic E-state index is 12.5. The lowest BCUT2D eigenvalue weighted by molar-refractivity contribution is -0.137. The maximum Gasteiger partial charge on any atom is 0.416 e. The summed E-state index contributed by atoms with van der Waals surface area (Å²) in [6.07, 6.45) is -4.29. The highest BCUT2D eigenvalue weighted by Crippen LogP contribution is 2.30. The van der Waals surface area contributed by atoms with Crippen LogP contribution in [0.3, 0.4) is 0 Å². The van der Waals surface area contributed by atoms with Crippen molar-refractivity contribution in [2.24, 2.45) is 0 Å². The molecule has 5 heteroatoms. The number of morpholine rings is 1. The van der Waals surface area contributed by atoms with Crippen LogP contribution in [0.4, 0.5) is 13.2 Å². The summed E-state index contributed by atoms with van der Waals surface area (Å²) in [5.41, 5.74) is 0.00639. The van der Waals surface area contributed by atoms with Crippen LogP contribution in [0.5, 0.6) is 0 Å². The van der Waals surface area contributed by atoms with Gasteiger partial charge in [0.15, 0.2) is 0 Å². The highest BCUT2D eigenvalue weighted by atomic mass is 19.4. The molecule has 0 amide bonds. The Kier molecular flexibility index (Phi) is 3.16. The number of hydrogen-bond donors (Lipinski definition) is 1. The second-order valence-corrected chi connectivity index (χ2v) is 3.70. The van der Waals surface area contributed by atoms with Gasteiger partial charge in [-0.3, -0.25) is 0 Å². The number of nitrogens with one attached hydrogen (secondary N) is 1. The zero-order valence-corrected chi connectivity index (χ0v) is 8.55. The van der Waals surface area contributed by atoms with Crippen LogP contribution in [0.15, 0.2) is 24.3 Å². The van der Waals surface area contributed by atoms with Gasteiger partial charge in [0.1, 0.15) is 0 Å². The van der Waals surface area contributed by atoms with Crippen LogP contribution in [0.2, 0.25) is 0 Å². The molecule has 1 unspecified atom stereocenters. The molecule has 0 saturated carbocycles. The van der Waals surface area contributed by atoms with E-state index in [1.807, 2.05) is 0 Å². The first-order chi connectivity index (χ1) is 7.57. The molecule has 16 heavy (non-hydrogen) atoms. The Balaban J connectivity index is 2.21. The summed E-state index contributed by atoms with van der Waals surface area (Å²) in [5.74, 6) is 0. The first-order valence-corrected chi connectivity index (χ1v) is 5.05. The van der Waals surface area contributed by atoms with Crippen molar-refractivity contribution in [3.05, 3.63) is 35.4 Å². The van der Waals surface area contributed by atoms with E-state index in [9.17, 15) is 13.2 Å². The second kappa shape index (κ2) is 4.43. The predicted octanol–water partition coefficient (Wildman–Crippen LogP) is 2.37. The van der Waals surface area contributed by atoms with E-state index in [1.54, 1.807) is 6.07 Å². The quantitative estimate of drug-likeness (QED) is 0.801. The number of benzene rings is 1. The lowest BCUT2D eigenvalue weighted by atomic mass is 10.0. The third kappa shape index (κ3) is 2.54. The van der Waals surface area contributed by atoms with E-state index in [4.69, 9.17) is 4.74 Å². The summed E-state index contributed by atoms with van der Waals surface area (Å²) in [6, 6.07) is 5.21. The van der Waals surface area contributed by atoms with Crippen LogP contribution in [0.25, 0.3) is 0 Å². The Morgan fingerprint density at radius 2 is 2.12 bits per heavy atom. The molecule has 1 saturated heterocycles. The zero-order valence-electron chi connectivity index (χ0n) is 8.55. The van der Waals surface area contributed by atoms with Crippen LogP contribution in [-0.2, 0) is 10.9 Å². The standard InChI is InChI=1S/C11H12F3NO/c12-11(13,14)9-3-1-2-8(6-9)10-7-16-5-4-15-10/h1-3,6,10,15H,4-5,7H2. The van der Waals surface area contributed by atoms with Crippen molar-refractivity contribution < 1.29 is 17.9 Å². The Bertz CT molecular complexity index is 358. The molecule has 1 aliphatic heterocycles. The molecule has 2 nitrogen and oxygen atoms in total. The van der Waals surface area contributed by atoms with Crippen LogP contribution in [0.1, 0.15) is 17.2 Å². The minimum atomic E-state index is -4.29. The van der Waals surface area contributed by atoms with E-state index in [1.165, 1.54) is 12.1 Å². The first-order valence-electron chi connectivity index (χ1n) is 5.05. The van der Waals surface area contributed by atoms with Gasteiger partial charge in [-0.1, -0.05) is 12.1 Å². The molecule has 88 valence electrons. The molecule has 1 aromatic rings. The van der Waals surface area contributed by atoms with Crippen LogP contribution < -0.4 is 5.32 Å². The van der Waals surface area contributed by atoms with Gasteiger partial charge < -0.3 is 10.1 Å². The van der Waals surface area contributed by atoms with E-state index >= 15 is 0 Å². The van der Waals surface area contributed by atoms with Gasteiger partial charge in [-0.15, -0.1) is 0 Å². The summed E-state index contributed by atoms with van der Waals surface area (Å²) in [4.78, 5) is 0. The summed E-state index contributed by atoms with van der Waals surface area (Å²) < 4.78 is 42.7. The molecule has 1 N–H and O–H groups in total. The molecule has 0 aromatic heterocycles. The van der Waals surface area contributed by atoms with Crippen molar-refractivity contribution in [1.29, 1.82) is 0 Å². The second-order valence-electron chi connectivity index (χ2n) is 3.70. The van der Waals surface area contributed by atoms with Crippen molar-refractivity contribution in [3.8, 4) is 0 Å². The van der Waals surface area contributed by atoms with Gasteiger partial charge in [0.25, 0.3) is 0 Å². The van der Waals surface area contributed by atoms with Crippen molar-refractivity contribution in [3.63, 3.8) is 0 Å². The zero-order chi connectivity index (χ0) is 11.6. The van der Waals surface area contributed by atoms with E-state index in [-0.39, 0.29) is 6.04 Å². The minimum Gasteiger partial charge on any atom is -0.378 e. The van der Waals surface area contributed by atoms with Crippen molar-refractivity contribution in [1.82, 2.24) is 5.32 Å². The van der Waals surface area contributed by atoms with Gasteiger partial charge in [0.2, 0.25) is 0 Å². The molecule has 0 aliphatic carbocycles. The number of ether oxygens (including phenoxy) is 1. The molecular formula is C11H12F3NO. The van der Waals surface area contributed by atoms with Crippen molar-refractivity contribution in [2.75, 3.05) is 19.8 Å². The SMILES string of the molecule is FC(F)(F)c1cccc(C2COCCN2)c1. The fourth-order valence-corrected chi connectivity index (χ4v) is 1.71. The molecular weight excluding hydrogens is 219 g/mol. The van der Waals surface area contributed by atoms with E-state index in [2.05, 4.69) is 5.32 Å². The first kappa shape index (κ1) is 11.4. The highest BCUT2D eigenvalue weighted by molar-refractivity contribution is 5.28. The molecule has 0 radical (unpaired) electrons. The smallest absolute Gasteiger partial charge is 0.378 e. The minimum absolute atomic E-state index is 0.143. The van der Waals surface area contributed by atoms with Crippen molar-refractivity contribution in [2.45, 2.75) is 12.2 Å². The topological polar surface area (TPSA) is 21.3 Å². The monoisotopic (exact) mass is 231 g/mol. The average molecular weight is 231 g/mol. The predicted molar refractivity (Wildman–Crippen MR) is 53.0 cm³/mol. The molecule has 0 spiro atoms. The van der Waals surface area contributed by atoms with Gasteiger partial charge in [0, 0.05) is 6.54 Å². The lowest BCUT2D eigenvalue weighted by Crippen LogP contribution is -2.34. The van der Waals surface area contributed by atoms with Gasteiger partial charge in [-0.2, -0.15) is 13.2 Å². The van der Waals surface area contributed by atoms with Gasteiger partial charge >= 0.3 is 6.18 Å². The number of rotatable bonds is 1. The lowest BCUT2D eigenvalue weighted by Gasteiger charge is -2.24. The van der Waals surface area contributed by atoms with Crippen LogP contribution >= 0.6 is 0 Å². The number of alkyl halides is 3. The van der Waals surface area contributed by atoms with Crippen LogP contribution in [0, 0.1) is 0 Å². The summed E-state index contributed by atoms with van der Waals surface area (Å²) in [5, 5.41) is 3.12. The molecule has 1 aliphatic rings. The number of halogens is 3. The highest BCUT2D eigenvalue weighted by Gasteiger charge is 2.31. The normalized spacial score (nSPS) is 22.1. The Hall–Kier alpha value is -1.07. The molecule has 1 aromatic carbocycles. The van der Waals surface area contributed by atoms with Gasteiger partial charge in [-0.25, -0.2) is 0 Å².